The first-order valence-corrected chi connectivity index (χ1v) is 6.48. The van der Waals surface area contributed by atoms with Crippen LogP contribution in [0.15, 0.2) is 0 Å². The molecule has 0 bridgehead atoms. The third-order valence-electron chi connectivity index (χ3n) is 2.58. The van der Waals surface area contributed by atoms with E-state index >= 15 is 0 Å². The monoisotopic (exact) mass is 247 g/mol. The summed E-state index contributed by atoms with van der Waals surface area (Å²) in [6.45, 7) is 5.95. The number of primary amides is 1. The molecule has 0 saturated heterocycles. The lowest BCUT2D eigenvalue weighted by Crippen LogP contribution is -2.36. The number of hydrogen-bond donors (Lipinski definition) is 2. The number of amides is 1. The van der Waals surface area contributed by atoms with Gasteiger partial charge in [0.25, 0.3) is 0 Å². The van der Waals surface area contributed by atoms with E-state index in [0.29, 0.717) is 18.8 Å². The largest absolute Gasteiger partial charge is 0.480 e. The maximum atomic E-state index is 11.3. The fourth-order valence-electron chi connectivity index (χ4n) is 1.40. The summed E-state index contributed by atoms with van der Waals surface area (Å²) in [5, 5.41) is 9.28. The minimum absolute atomic E-state index is 0.0677. The zero-order valence-corrected chi connectivity index (χ0v) is 11.0. The third-order valence-corrected chi connectivity index (χ3v) is 4.23. The van der Waals surface area contributed by atoms with Crippen LogP contribution in [0.4, 0.5) is 0 Å². The summed E-state index contributed by atoms with van der Waals surface area (Å²) in [5.74, 6) is -0.784. The Labute approximate surface area is 101 Å². The number of rotatable bonds is 8. The molecule has 0 fully saturated rings. The van der Waals surface area contributed by atoms with Gasteiger partial charge in [-0.1, -0.05) is 20.8 Å². The number of hydrogen-bond acceptors (Lipinski definition) is 3. The van der Waals surface area contributed by atoms with Crippen molar-refractivity contribution in [3.63, 3.8) is 0 Å². The Balaban J connectivity index is 4.57. The van der Waals surface area contributed by atoms with Crippen LogP contribution < -0.4 is 5.73 Å². The first kappa shape index (κ1) is 15.3. The van der Waals surface area contributed by atoms with Crippen LogP contribution in [0.3, 0.4) is 0 Å². The molecule has 16 heavy (non-hydrogen) atoms. The molecule has 1 amide bonds. The molecule has 0 heterocycles. The summed E-state index contributed by atoms with van der Waals surface area (Å²) < 4.78 is -0.862. The van der Waals surface area contributed by atoms with Crippen LogP contribution in [-0.2, 0) is 9.59 Å². The number of carbonyl (C=O) groups excluding carboxylic acids is 1. The average molecular weight is 247 g/mol. The van der Waals surface area contributed by atoms with Crippen LogP contribution >= 0.6 is 11.8 Å². The van der Waals surface area contributed by atoms with Gasteiger partial charge in [0.05, 0.1) is 5.75 Å². The van der Waals surface area contributed by atoms with Crippen LogP contribution in [-0.4, -0.2) is 27.5 Å². The maximum absolute atomic E-state index is 11.3. The summed E-state index contributed by atoms with van der Waals surface area (Å²) in [5.41, 5.74) is 5.06. The molecular formula is C11H21NO3S. The lowest BCUT2D eigenvalue weighted by Gasteiger charge is -2.27. The summed E-state index contributed by atoms with van der Waals surface area (Å²) in [6, 6.07) is 0. The molecule has 0 aromatic heterocycles. The van der Waals surface area contributed by atoms with Crippen molar-refractivity contribution in [1.29, 1.82) is 0 Å². The molecule has 94 valence electrons. The Morgan fingerprint density at radius 1 is 1.44 bits per heavy atom. The molecule has 0 aromatic rings. The number of aliphatic carboxylic acids is 1. The molecule has 0 aromatic carbocycles. The highest BCUT2D eigenvalue weighted by molar-refractivity contribution is 8.02. The number of nitrogens with two attached hydrogens (primary N) is 1. The molecule has 3 N–H and O–H groups in total. The fourth-order valence-corrected chi connectivity index (χ4v) is 2.41. The molecule has 5 heteroatoms. The van der Waals surface area contributed by atoms with Crippen molar-refractivity contribution >= 4 is 23.6 Å². The Morgan fingerprint density at radius 2 is 2.00 bits per heavy atom. The topological polar surface area (TPSA) is 80.4 Å². The smallest absolute Gasteiger partial charge is 0.319 e. The highest BCUT2D eigenvalue weighted by atomic mass is 32.2. The van der Waals surface area contributed by atoms with Gasteiger partial charge < -0.3 is 10.8 Å². The highest BCUT2D eigenvalue weighted by Crippen LogP contribution is 2.35. The first-order chi connectivity index (χ1) is 7.34. The summed E-state index contributed by atoms with van der Waals surface area (Å²) in [7, 11) is 0. The lowest BCUT2D eigenvalue weighted by molar-refractivity contribution is -0.140. The first-order valence-electron chi connectivity index (χ1n) is 5.49. The number of carboxylic acid groups (broad SMARTS) is 1. The van der Waals surface area contributed by atoms with Gasteiger partial charge in [0.15, 0.2) is 0 Å². The van der Waals surface area contributed by atoms with E-state index in [2.05, 4.69) is 13.8 Å². The van der Waals surface area contributed by atoms with E-state index in [1.807, 2.05) is 6.92 Å². The van der Waals surface area contributed by atoms with Crippen molar-refractivity contribution in [2.45, 2.75) is 44.8 Å². The van der Waals surface area contributed by atoms with Crippen molar-refractivity contribution in [1.82, 2.24) is 0 Å². The normalized spacial score (nSPS) is 14.8. The summed E-state index contributed by atoms with van der Waals surface area (Å²) >= 11 is 1.15. The Morgan fingerprint density at radius 3 is 2.31 bits per heavy atom. The second-order valence-corrected chi connectivity index (χ2v) is 5.70. The Bertz CT molecular complexity index is 256. The molecule has 0 rings (SSSR count). The third kappa shape index (κ3) is 4.88. The van der Waals surface area contributed by atoms with Gasteiger partial charge in [-0.25, -0.2) is 0 Å². The van der Waals surface area contributed by atoms with Crippen molar-refractivity contribution in [2.24, 2.45) is 11.7 Å². The highest BCUT2D eigenvalue weighted by Gasteiger charge is 2.37. The van der Waals surface area contributed by atoms with Crippen LogP contribution in [0.5, 0.6) is 0 Å². The molecule has 0 aliphatic rings. The number of carboxylic acids is 1. The van der Waals surface area contributed by atoms with Crippen LogP contribution in [0.1, 0.15) is 40.0 Å². The molecule has 4 nitrogen and oxygen atoms in total. The minimum atomic E-state index is -0.862. The molecule has 0 aliphatic carbocycles. The summed E-state index contributed by atoms with van der Waals surface area (Å²) in [4.78, 5) is 22.0. The second kappa shape index (κ2) is 6.78. The van der Waals surface area contributed by atoms with Gasteiger partial charge in [0, 0.05) is 0 Å². The van der Waals surface area contributed by atoms with E-state index in [-0.39, 0.29) is 5.75 Å². The molecule has 0 unspecified atom stereocenters. The molecule has 0 saturated carbocycles. The minimum Gasteiger partial charge on any atom is -0.480 e. The Hall–Kier alpha value is -0.710. The van der Waals surface area contributed by atoms with E-state index in [1.165, 1.54) is 0 Å². The average Bonchev–Trinajstić information content (AvgIpc) is 2.17. The fraction of sp³-hybridized carbons (Fsp3) is 0.818. The van der Waals surface area contributed by atoms with Crippen LogP contribution in [0.2, 0.25) is 0 Å². The van der Waals surface area contributed by atoms with Gasteiger partial charge in [-0.15, -0.1) is 11.8 Å². The maximum Gasteiger partial charge on any atom is 0.319 e. The van der Waals surface area contributed by atoms with Crippen molar-refractivity contribution in [2.75, 3.05) is 5.75 Å². The quantitative estimate of drug-likeness (QED) is 0.686. The standard InChI is InChI=1S/C11H21NO3S/c1-4-11(10(14)15,6-5-8(2)3)16-7-9(12)13/h8H,4-7H2,1-3H3,(H2,12,13)(H,14,15)/t11-/m0/s1. The predicted molar refractivity (Wildman–Crippen MR) is 66.4 cm³/mol. The van der Waals surface area contributed by atoms with E-state index in [9.17, 15) is 14.7 Å². The zero-order chi connectivity index (χ0) is 12.8. The molecule has 0 aliphatic heterocycles. The van der Waals surface area contributed by atoms with Gasteiger partial charge >= 0.3 is 5.97 Å². The SMILES string of the molecule is CC[C@@](CCC(C)C)(SCC(N)=O)C(=O)O. The van der Waals surface area contributed by atoms with E-state index in [4.69, 9.17) is 5.73 Å². The van der Waals surface area contributed by atoms with E-state index in [0.717, 1.165) is 18.2 Å². The van der Waals surface area contributed by atoms with Gasteiger partial charge in [0.1, 0.15) is 4.75 Å². The predicted octanol–water partition coefficient (Wildman–Crippen LogP) is 1.87. The van der Waals surface area contributed by atoms with E-state index in [1.54, 1.807) is 0 Å². The lowest BCUT2D eigenvalue weighted by atomic mass is 9.95. The van der Waals surface area contributed by atoms with Gasteiger partial charge in [-0.2, -0.15) is 0 Å². The number of thioether (sulfide) groups is 1. The molecular weight excluding hydrogens is 226 g/mol. The number of carbonyl (C=O) groups is 2. The summed E-state index contributed by atoms with van der Waals surface area (Å²) in [6.07, 6.45) is 1.92. The second-order valence-electron chi connectivity index (χ2n) is 4.34. The van der Waals surface area contributed by atoms with Crippen molar-refractivity contribution < 1.29 is 14.7 Å². The Kier molecular flexibility index (Phi) is 6.48. The van der Waals surface area contributed by atoms with Gasteiger partial charge in [-0.3, -0.25) is 9.59 Å². The molecule has 0 radical (unpaired) electrons. The molecule has 0 spiro atoms. The zero-order valence-electron chi connectivity index (χ0n) is 10.2. The molecule has 1 atom stereocenters. The van der Waals surface area contributed by atoms with Crippen molar-refractivity contribution in [3.8, 4) is 0 Å². The van der Waals surface area contributed by atoms with Crippen LogP contribution in [0.25, 0.3) is 0 Å². The van der Waals surface area contributed by atoms with Gasteiger partial charge in [-0.05, 0) is 25.2 Å². The van der Waals surface area contributed by atoms with Crippen LogP contribution in [0, 0.1) is 5.92 Å². The van der Waals surface area contributed by atoms with E-state index < -0.39 is 16.6 Å². The van der Waals surface area contributed by atoms with Gasteiger partial charge in [0.2, 0.25) is 5.91 Å². The van der Waals surface area contributed by atoms with Crippen molar-refractivity contribution in [3.05, 3.63) is 0 Å².